The summed E-state index contributed by atoms with van der Waals surface area (Å²) in [6, 6.07) is 17.4. The van der Waals surface area contributed by atoms with Crippen LogP contribution in [0.3, 0.4) is 0 Å². The molecular formula is C28H25FO5. The van der Waals surface area contributed by atoms with Crippen LogP contribution in [0.5, 0.6) is 11.5 Å². The van der Waals surface area contributed by atoms with Gasteiger partial charge in [-0.2, -0.15) is 0 Å². The Hall–Kier alpha value is -4.03. The maximum absolute atomic E-state index is 14.4. The first kappa shape index (κ1) is 24.6. The Kier molecular flexibility index (Phi) is 7.76. The van der Waals surface area contributed by atoms with E-state index in [1.54, 1.807) is 26.2 Å². The number of carbonyl (C=O) groups excluding carboxylic acids is 2. The van der Waals surface area contributed by atoms with Crippen molar-refractivity contribution < 1.29 is 28.2 Å². The second-order valence-corrected chi connectivity index (χ2v) is 7.82. The SMILES string of the molecule is C=C(C)C(=O)Oc1ccc(-c2ccc(-c3ccc(OC(=O)C(=C)C)c(COC)c3)cc2)cc1F. The molecule has 0 saturated carbocycles. The molecule has 3 aromatic rings. The van der Waals surface area contributed by atoms with Crippen LogP contribution in [0.4, 0.5) is 4.39 Å². The van der Waals surface area contributed by atoms with Crippen LogP contribution in [0.1, 0.15) is 19.4 Å². The predicted octanol–water partition coefficient (Wildman–Crippen LogP) is 6.27. The van der Waals surface area contributed by atoms with Gasteiger partial charge in [0.1, 0.15) is 5.75 Å². The summed E-state index contributed by atoms with van der Waals surface area (Å²) in [5.74, 6) is -1.55. The molecule has 0 aliphatic carbocycles. The monoisotopic (exact) mass is 460 g/mol. The summed E-state index contributed by atoms with van der Waals surface area (Å²) in [6.07, 6.45) is 0. The quantitative estimate of drug-likeness (QED) is 0.225. The molecule has 0 aliphatic rings. The topological polar surface area (TPSA) is 61.8 Å². The summed E-state index contributed by atoms with van der Waals surface area (Å²) >= 11 is 0. The van der Waals surface area contributed by atoms with Gasteiger partial charge in [-0.1, -0.05) is 49.6 Å². The van der Waals surface area contributed by atoms with Crippen LogP contribution in [-0.2, 0) is 20.9 Å². The van der Waals surface area contributed by atoms with Crippen LogP contribution in [0, 0.1) is 5.82 Å². The molecular weight excluding hydrogens is 435 g/mol. The first-order chi connectivity index (χ1) is 16.2. The van der Waals surface area contributed by atoms with E-state index in [0.717, 1.165) is 22.3 Å². The van der Waals surface area contributed by atoms with Crippen molar-refractivity contribution in [3.05, 3.63) is 96.3 Å². The maximum atomic E-state index is 14.4. The Balaban J connectivity index is 1.84. The van der Waals surface area contributed by atoms with Crippen LogP contribution in [0.25, 0.3) is 22.3 Å². The minimum absolute atomic E-state index is 0.147. The lowest BCUT2D eigenvalue weighted by Gasteiger charge is -2.12. The highest BCUT2D eigenvalue weighted by Gasteiger charge is 2.13. The molecule has 174 valence electrons. The fourth-order valence-corrected chi connectivity index (χ4v) is 3.12. The molecule has 0 fully saturated rings. The number of benzene rings is 3. The third kappa shape index (κ3) is 5.85. The van der Waals surface area contributed by atoms with Crippen LogP contribution in [0.15, 0.2) is 85.0 Å². The van der Waals surface area contributed by atoms with Crippen LogP contribution >= 0.6 is 0 Å². The summed E-state index contributed by atoms with van der Waals surface area (Å²) in [7, 11) is 1.57. The summed E-state index contributed by atoms with van der Waals surface area (Å²) < 4.78 is 30.1. The fraction of sp³-hybridized carbons (Fsp3) is 0.143. The van der Waals surface area contributed by atoms with Gasteiger partial charge in [-0.15, -0.1) is 0 Å². The minimum Gasteiger partial charge on any atom is -0.423 e. The van der Waals surface area contributed by atoms with E-state index in [9.17, 15) is 14.0 Å². The molecule has 0 N–H and O–H groups in total. The highest BCUT2D eigenvalue weighted by Crippen LogP contribution is 2.31. The lowest BCUT2D eigenvalue weighted by atomic mass is 9.98. The Morgan fingerprint density at radius 1 is 0.735 bits per heavy atom. The number of carbonyl (C=O) groups is 2. The number of hydrogen-bond donors (Lipinski definition) is 0. The molecule has 0 amide bonds. The van der Waals surface area contributed by atoms with Crippen molar-refractivity contribution >= 4 is 11.9 Å². The van der Waals surface area contributed by atoms with Gasteiger partial charge in [0.05, 0.1) is 6.61 Å². The second kappa shape index (κ2) is 10.7. The van der Waals surface area contributed by atoms with Gasteiger partial charge in [0.15, 0.2) is 11.6 Å². The molecule has 0 atom stereocenters. The molecule has 0 unspecified atom stereocenters. The van der Waals surface area contributed by atoms with Crippen LogP contribution in [-0.4, -0.2) is 19.0 Å². The van der Waals surface area contributed by atoms with Crippen molar-refractivity contribution in [3.63, 3.8) is 0 Å². The van der Waals surface area contributed by atoms with E-state index in [1.165, 1.54) is 19.1 Å². The Bertz CT molecular complexity index is 1260. The zero-order chi connectivity index (χ0) is 24.8. The molecule has 0 aromatic heterocycles. The number of hydrogen-bond acceptors (Lipinski definition) is 5. The summed E-state index contributed by atoms with van der Waals surface area (Å²) in [6.45, 7) is 10.4. The van der Waals surface area contributed by atoms with E-state index in [1.807, 2.05) is 36.4 Å². The molecule has 3 rings (SSSR count). The van der Waals surface area contributed by atoms with Crippen molar-refractivity contribution in [1.29, 1.82) is 0 Å². The van der Waals surface area contributed by atoms with E-state index in [-0.39, 0.29) is 17.9 Å². The lowest BCUT2D eigenvalue weighted by Crippen LogP contribution is -2.10. The van der Waals surface area contributed by atoms with E-state index in [2.05, 4.69) is 13.2 Å². The van der Waals surface area contributed by atoms with Crippen molar-refractivity contribution in [2.24, 2.45) is 0 Å². The van der Waals surface area contributed by atoms with E-state index in [4.69, 9.17) is 14.2 Å². The van der Waals surface area contributed by atoms with Crippen molar-refractivity contribution in [1.82, 2.24) is 0 Å². The second-order valence-electron chi connectivity index (χ2n) is 7.82. The molecule has 34 heavy (non-hydrogen) atoms. The summed E-state index contributed by atoms with van der Waals surface area (Å²) in [5.41, 5.74) is 4.48. The zero-order valence-electron chi connectivity index (χ0n) is 19.3. The molecule has 5 nitrogen and oxygen atoms in total. The highest BCUT2D eigenvalue weighted by molar-refractivity contribution is 5.89. The molecule has 0 heterocycles. The molecule has 6 heteroatoms. The highest BCUT2D eigenvalue weighted by atomic mass is 19.1. The van der Waals surface area contributed by atoms with Gasteiger partial charge in [-0.25, -0.2) is 14.0 Å². The van der Waals surface area contributed by atoms with Crippen LogP contribution in [0.2, 0.25) is 0 Å². The van der Waals surface area contributed by atoms with Gasteiger partial charge in [0, 0.05) is 23.8 Å². The largest absolute Gasteiger partial charge is 0.423 e. The number of rotatable bonds is 8. The van der Waals surface area contributed by atoms with Gasteiger partial charge in [-0.05, 0) is 60.4 Å². The van der Waals surface area contributed by atoms with Crippen molar-refractivity contribution in [2.75, 3.05) is 7.11 Å². The Morgan fingerprint density at radius 3 is 1.65 bits per heavy atom. The fourth-order valence-electron chi connectivity index (χ4n) is 3.12. The number of esters is 2. The Labute approximate surface area is 198 Å². The number of halogens is 1. The summed E-state index contributed by atoms with van der Waals surface area (Å²) in [4.78, 5) is 23.5. The third-order valence-corrected chi connectivity index (χ3v) is 4.95. The molecule has 0 aliphatic heterocycles. The predicted molar refractivity (Wildman–Crippen MR) is 129 cm³/mol. The zero-order valence-corrected chi connectivity index (χ0v) is 19.3. The van der Waals surface area contributed by atoms with Crippen LogP contribution < -0.4 is 9.47 Å². The first-order valence-electron chi connectivity index (χ1n) is 10.5. The third-order valence-electron chi connectivity index (χ3n) is 4.95. The molecule has 0 spiro atoms. The van der Waals surface area contributed by atoms with E-state index >= 15 is 0 Å². The smallest absolute Gasteiger partial charge is 0.338 e. The van der Waals surface area contributed by atoms with Gasteiger partial charge in [-0.3, -0.25) is 0 Å². The van der Waals surface area contributed by atoms with E-state index < -0.39 is 17.8 Å². The number of methoxy groups -OCH3 is 1. The normalized spacial score (nSPS) is 10.5. The average molecular weight is 461 g/mol. The molecule has 0 bridgehead atoms. The minimum atomic E-state index is -0.677. The lowest BCUT2D eigenvalue weighted by molar-refractivity contribution is -0.131. The van der Waals surface area contributed by atoms with Gasteiger partial charge >= 0.3 is 11.9 Å². The number of ether oxygens (including phenoxy) is 3. The average Bonchev–Trinajstić information content (AvgIpc) is 2.81. The molecule has 0 radical (unpaired) electrons. The first-order valence-corrected chi connectivity index (χ1v) is 10.5. The van der Waals surface area contributed by atoms with E-state index in [0.29, 0.717) is 16.9 Å². The van der Waals surface area contributed by atoms with Gasteiger partial charge < -0.3 is 14.2 Å². The standard InChI is InChI=1S/C28H25FO5/c1-17(2)27(30)33-25-12-10-21(14-23(25)16-32-5)19-6-8-20(9-7-19)22-11-13-26(24(29)15-22)34-28(31)18(3)4/h6-15H,1,3,16H2,2,4-5H3. The van der Waals surface area contributed by atoms with Crippen molar-refractivity contribution in [3.8, 4) is 33.8 Å². The van der Waals surface area contributed by atoms with Gasteiger partial charge in [0.25, 0.3) is 0 Å². The summed E-state index contributed by atoms with van der Waals surface area (Å²) in [5, 5.41) is 0. The Morgan fingerprint density at radius 2 is 1.18 bits per heavy atom. The van der Waals surface area contributed by atoms with Crippen molar-refractivity contribution in [2.45, 2.75) is 20.5 Å². The van der Waals surface area contributed by atoms with Gasteiger partial charge in [0.2, 0.25) is 0 Å². The maximum Gasteiger partial charge on any atom is 0.338 e. The molecule has 3 aromatic carbocycles. The molecule has 0 saturated heterocycles.